The number of hydrogen-bond acceptors (Lipinski definition) is 5. The minimum Gasteiger partial charge on any atom is -0.407 e. The van der Waals surface area contributed by atoms with Gasteiger partial charge in [-0.1, -0.05) is 20.8 Å². The van der Waals surface area contributed by atoms with Crippen LogP contribution in [0.5, 0.6) is 0 Å². The molecule has 2 atom stereocenters. The van der Waals surface area contributed by atoms with Gasteiger partial charge < -0.3 is 4.52 Å². The predicted octanol–water partition coefficient (Wildman–Crippen LogP) is 5.21. The van der Waals surface area contributed by atoms with Crippen LogP contribution in [0.1, 0.15) is 47.5 Å². The van der Waals surface area contributed by atoms with Crippen LogP contribution in [0.15, 0.2) is 10.7 Å². The molecule has 0 spiro atoms. The van der Waals surface area contributed by atoms with Crippen LogP contribution >= 0.6 is 19.6 Å². The molecule has 2 rings (SSSR count). The third-order valence-electron chi connectivity index (χ3n) is 5.27. The Morgan fingerprint density at radius 1 is 1.24 bits per heavy atom. The fraction of sp³-hybridized carbons (Fsp3) is 0.867. The number of rotatable bonds is 7. The molecule has 0 heterocycles. The summed E-state index contributed by atoms with van der Waals surface area (Å²) in [5.41, 5.74) is 0.0177. The first-order valence-electron chi connectivity index (χ1n) is 7.63. The molecule has 0 radical (unpaired) electrons. The van der Waals surface area contributed by atoms with Gasteiger partial charge in [-0.15, -0.1) is 11.8 Å². The average Bonchev–Trinajstić information content (AvgIpc) is 2.71. The smallest absolute Gasteiger partial charge is 0.407 e. The van der Waals surface area contributed by atoms with Crippen molar-refractivity contribution in [3.63, 3.8) is 0 Å². The molecule has 0 unspecified atom stereocenters. The minimum absolute atomic E-state index is 0.0973. The first-order chi connectivity index (χ1) is 9.75. The molecule has 0 aliphatic heterocycles. The zero-order valence-electron chi connectivity index (χ0n) is 13.9. The zero-order chi connectivity index (χ0) is 15.9. The van der Waals surface area contributed by atoms with E-state index in [4.69, 9.17) is 13.6 Å². The summed E-state index contributed by atoms with van der Waals surface area (Å²) >= 11 is 1.70. The molecule has 0 amide bonds. The van der Waals surface area contributed by atoms with E-state index >= 15 is 0 Å². The van der Waals surface area contributed by atoms with E-state index in [0.717, 1.165) is 12.2 Å². The number of hydrogen-bond donors (Lipinski definition) is 0. The summed E-state index contributed by atoms with van der Waals surface area (Å²) in [5, 5.41) is 0. The highest BCUT2D eigenvalue weighted by Crippen LogP contribution is 2.72. The minimum atomic E-state index is -3.52. The lowest BCUT2D eigenvalue weighted by Gasteiger charge is -2.36. The van der Waals surface area contributed by atoms with Gasteiger partial charge in [0.15, 0.2) is 0 Å². The van der Waals surface area contributed by atoms with E-state index < -0.39 is 7.82 Å². The topological polar surface area (TPSA) is 44.8 Å². The number of fused-ring (bicyclic) bond motifs is 2. The summed E-state index contributed by atoms with van der Waals surface area (Å²) in [6.45, 7) is 11.0. The fourth-order valence-electron chi connectivity index (χ4n) is 3.69. The Labute approximate surface area is 132 Å². The quantitative estimate of drug-likeness (QED) is 0.598. The van der Waals surface area contributed by atoms with Crippen molar-refractivity contribution in [1.82, 2.24) is 0 Å². The van der Waals surface area contributed by atoms with E-state index in [1.165, 1.54) is 11.3 Å². The molecular weight excluding hydrogens is 307 g/mol. The molecule has 0 N–H and O–H groups in total. The Bertz CT molecular complexity index is 478. The lowest BCUT2D eigenvalue weighted by molar-refractivity contribution is 0.0909. The number of phosphoric acid groups is 1. The van der Waals surface area contributed by atoms with Crippen LogP contribution < -0.4 is 0 Å². The van der Waals surface area contributed by atoms with Crippen LogP contribution in [0.3, 0.4) is 0 Å². The summed E-state index contributed by atoms with van der Waals surface area (Å²) in [5.74, 6) is 1.31. The van der Waals surface area contributed by atoms with E-state index in [-0.39, 0.29) is 10.8 Å². The van der Waals surface area contributed by atoms with Gasteiger partial charge in [-0.05, 0) is 44.3 Å². The van der Waals surface area contributed by atoms with Gasteiger partial charge in [0.25, 0.3) is 0 Å². The maximum Gasteiger partial charge on any atom is 0.529 e. The second kappa shape index (κ2) is 5.92. The molecule has 1 fully saturated rings. The summed E-state index contributed by atoms with van der Waals surface area (Å²) in [4.78, 5) is 1.22. The Balaban J connectivity index is 2.38. The molecule has 122 valence electrons. The molecule has 6 heteroatoms. The largest absolute Gasteiger partial charge is 0.529 e. The van der Waals surface area contributed by atoms with Gasteiger partial charge >= 0.3 is 7.82 Å². The number of thioether (sulfide) groups is 1. The SMILES string of the molecule is CCOP(=O)(OCC)OC1=C(SC)[C@H]2CC[C@]1(C)C2(C)C. The van der Waals surface area contributed by atoms with Crippen molar-refractivity contribution < 1.29 is 18.1 Å². The van der Waals surface area contributed by atoms with Crippen LogP contribution in [0.4, 0.5) is 0 Å². The van der Waals surface area contributed by atoms with Gasteiger partial charge in [-0.2, -0.15) is 0 Å². The van der Waals surface area contributed by atoms with Gasteiger partial charge in [0.2, 0.25) is 0 Å². The summed E-state index contributed by atoms with van der Waals surface area (Å²) in [7, 11) is -3.52. The van der Waals surface area contributed by atoms with Gasteiger partial charge in [0, 0.05) is 10.3 Å². The van der Waals surface area contributed by atoms with Gasteiger partial charge in [-0.3, -0.25) is 9.05 Å². The van der Waals surface area contributed by atoms with E-state index in [2.05, 4.69) is 27.0 Å². The van der Waals surface area contributed by atoms with Crippen LogP contribution in [0.2, 0.25) is 0 Å². The fourth-order valence-corrected chi connectivity index (χ4v) is 6.24. The van der Waals surface area contributed by atoms with E-state index in [1.807, 2.05) is 0 Å². The molecular formula is C15H27O4PS. The highest BCUT2D eigenvalue weighted by Gasteiger charge is 2.63. The third-order valence-corrected chi connectivity index (χ3v) is 7.73. The Morgan fingerprint density at radius 3 is 2.29 bits per heavy atom. The summed E-state index contributed by atoms with van der Waals surface area (Å²) in [6.07, 6.45) is 4.29. The van der Waals surface area contributed by atoms with Gasteiger partial charge in [0.1, 0.15) is 5.76 Å². The molecule has 2 aliphatic carbocycles. The molecule has 21 heavy (non-hydrogen) atoms. The van der Waals surface area contributed by atoms with Gasteiger partial charge in [-0.25, -0.2) is 4.57 Å². The van der Waals surface area contributed by atoms with Crippen molar-refractivity contribution in [1.29, 1.82) is 0 Å². The molecule has 0 aromatic carbocycles. The highest BCUT2D eigenvalue weighted by atomic mass is 32.2. The monoisotopic (exact) mass is 334 g/mol. The number of phosphoric ester groups is 1. The van der Waals surface area contributed by atoms with Crippen molar-refractivity contribution in [2.24, 2.45) is 16.7 Å². The van der Waals surface area contributed by atoms with Crippen LogP contribution in [-0.4, -0.2) is 19.5 Å². The van der Waals surface area contributed by atoms with Crippen molar-refractivity contribution >= 4 is 19.6 Å². The standard InChI is InChI=1S/C15H27O4PS/c1-7-17-20(16,18-8-2)19-13-12(21-6)11-9-10-15(13,5)14(11,3)4/h11H,7-10H2,1-6H3/t11-,15+/m1/s1. The zero-order valence-corrected chi connectivity index (χ0v) is 15.6. The Morgan fingerprint density at radius 2 is 1.81 bits per heavy atom. The molecule has 0 saturated heterocycles. The predicted molar refractivity (Wildman–Crippen MR) is 87.1 cm³/mol. The molecule has 1 saturated carbocycles. The van der Waals surface area contributed by atoms with E-state index in [1.54, 1.807) is 25.6 Å². The maximum atomic E-state index is 12.8. The van der Waals surface area contributed by atoms with Crippen molar-refractivity contribution in [3.8, 4) is 0 Å². The lowest BCUT2D eigenvalue weighted by Crippen LogP contribution is -2.30. The van der Waals surface area contributed by atoms with Crippen molar-refractivity contribution in [2.75, 3.05) is 19.5 Å². The van der Waals surface area contributed by atoms with Crippen LogP contribution in [0, 0.1) is 16.7 Å². The maximum absolute atomic E-state index is 12.8. The second-order valence-corrected chi connectivity index (χ2v) is 8.86. The lowest BCUT2D eigenvalue weighted by atomic mass is 9.70. The van der Waals surface area contributed by atoms with Gasteiger partial charge in [0.05, 0.1) is 13.2 Å². The first-order valence-corrected chi connectivity index (χ1v) is 10.3. The Kier molecular flexibility index (Phi) is 4.90. The normalized spacial score (nSPS) is 31.0. The molecule has 4 nitrogen and oxygen atoms in total. The summed E-state index contributed by atoms with van der Waals surface area (Å²) < 4.78 is 29.3. The van der Waals surface area contributed by atoms with Crippen LogP contribution in [0.25, 0.3) is 0 Å². The molecule has 0 aromatic heterocycles. The molecule has 0 aromatic rings. The number of allylic oxidation sites excluding steroid dienone is 2. The summed E-state index contributed by atoms with van der Waals surface area (Å²) in [6, 6.07) is 0. The molecule has 2 aliphatic rings. The average molecular weight is 334 g/mol. The van der Waals surface area contributed by atoms with Crippen molar-refractivity contribution in [3.05, 3.63) is 10.7 Å². The first kappa shape index (κ1) is 17.4. The van der Waals surface area contributed by atoms with E-state index in [9.17, 15) is 4.57 Å². The van der Waals surface area contributed by atoms with E-state index in [0.29, 0.717) is 19.1 Å². The molecule has 2 bridgehead atoms. The Hall–Kier alpha value is 0.0400. The third kappa shape index (κ3) is 2.60. The van der Waals surface area contributed by atoms with Crippen LogP contribution in [-0.2, 0) is 18.1 Å². The highest BCUT2D eigenvalue weighted by molar-refractivity contribution is 8.02. The van der Waals surface area contributed by atoms with Crippen molar-refractivity contribution in [2.45, 2.75) is 47.5 Å². The second-order valence-electron chi connectivity index (χ2n) is 6.42.